The molecule has 3 N–H and O–H groups in total. The van der Waals surface area contributed by atoms with Gasteiger partial charge in [0.2, 0.25) is 0 Å². The van der Waals surface area contributed by atoms with Crippen molar-refractivity contribution in [3.8, 4) is 11.4 Å². The average molecular weight is 403 g/mol. The second-order valence-electron chi connectivity index (χ2n) is 7.36. The van der Waals surface area contributed by atoms with Crippen molar-refractivity contribution >= 4 is 17.6 Å². The monoisotopic (exact) mass is 403 g/mol. The first kappa shape index (κ1) is 19.6. The molecule has 2 unspecified atom stereocenters. The van der Waals surface area contributed by atoms with E-state index in [2.05, 4.69) is 29.7 Å². The number of nitrogens with zero attached hydrogens (tertiary/aromatic N) is 5. The van der Waals surface area contributed by atoms with Gasteiger partial charge >= 0.3 is 0 Å². The number of hydrogen-bond donors (Lipinski definition) is 3. The van der Waals surface area contributed by atoms with Crippen molar-refractivity contribution in [2.24, 2.45) is 0 Å². The average Bonchev–Trinajstić information content (AvgIpc) is 3.46. The fourth-order valence-corrected chi connectivity index (χ4v) is 3.81. The van der Waals surface area contributed by atoms with Gasteiger partial charge in [-0.2, -0.15) is 0 Å². The second-order valence-corrected chi connectivity index (χ2v) is 7.36. The lowest BCUT2D eigenvalue weighted by Crippen LogP contribution is -2.36. The zero-order chi connectivity index (χ0) is 20.4. The zero-order valence-corrected chi connectivity index (χ0v) is 15.8. The summed E-state index contributed by atoms with van der Waals surface area (Å²) in [5.74, 6) is 1.20. The molecular weight excluding hydrogens is 380 g/mol. The van der Waals surface area contributed by atoms with Gasteiger partial charge in [-0.05, 0) is 25.0 Å². The number of aromatic nitrogens is 4. The summed E-state index contributed by atoms with van der Waals surface area (Å²) in [5.41, 5.74) is 0.544. The van der Waals surface area contributed by atoms with Crippen molar-refractivity contribution < 1.29 is 13.9 Å². The van der Waals surface area contributed by atoms with Gasteiger partial charge in [0.25, 0.3) is 6.43 Å². The Balaban J connectivity index is 1.44. The summed E-state index contributed by atoms with van der Waals surface area (Å²) in [6.07, 6.45) is 4.29. The topological polar surface area (TPSA) is 105 Å². The molecule has 4 heterocycles. The molecule has 0 aliphatic carbocycles. The summed E-state index contributed by atoms with van der Waals surface area (Å²) in [5, 5.41) is 16.9. The lowest BCUT2D eigenvalue weighted by Gasteiger charge is -2.24. The minimum Gasteiger partial charge on any atom is -0.392 e. The van der Waals surface area contributed by atoms with Crippen LogP contribution >= 0.6 is 0 Å². The number of β-amino-alcohol motifs (C(OH)–C–C–N with tert-alkyl or cyclic N) is 1. The molecule has 0 aromatic carbocycles. The molecule has 2 aromatic heterocycles. The number of hydrogen-bond acceptors (Lipinski definition) is 7. The smallest absolute Gasteiger partial charge is 0.279 e. The Bertz CT molecular complexity index is 900. The number of allylic oxidation sites excluding steroid dienone is 1. The van der Waals surface area contributed by atoms with Gasteiger partial charge < -0.3 is 15.0 Å². The third kappa shape index (κ3) is 4.48. The number of aliphatic hydroxyl groups is 1. The summed E-state index contributed by atoms with van der Waals surface area (Å²) in [6.45, 7) is 3.42. The van der Waals surface area contributed by atoms with Gasteiger partial charge in [0.05, 0.1) is 29.4 Å². The predicted octanol–water partition coefficient (Wildman–Crippen LogP) is 1.81. The molecule has 0 amide bonds. The third-order valence-electron chi connectivity index (χ3n) is 5.38. The van der Waals surface area contributed by atoms with Crippen molar-refractivity contribution in [2.75, 3.05) is 31.1 Å². The van der Waals surface area contributed by atoms with E-state index in [0.717, 1.165) is 50.9 Å². The van der Waals surface area contributed by atoms with Crippen LogP contribution in [0.3, 0.4) is 0 Å². The first-order chi connectivity index (χ1) is 14.0. The van der Waals surface area contributed by atoms with Crippen LogP contribution in [0.25, 0.3) is 17.5 Å². The highest BCUT2D eigenvalue weighted by molar-refractivity contribution is 5.97. The standard InChI is InChI=1S/C19H23F2N7O/c20-19(21)14(22)1-2-17-23-8-16(26-17)15-7-18(25-11-24-15)28-5-3-12(9-28)27-6-4-13(29)10-27/h1-2,7-8,11-13,19,22,29H,3-6,9-10H2,(H,23,26)/b2-1-,22-14?. The number of imidazole rings is 1. The van der Waals surface area contributed by atoms with E-state index in [-0.39, 0.29) is 6.10 Å². The first-order valence-electron chi connectivity index (χ1n) is 9.59. The molecule has 2 fully saturated rings. The molecule has 2 atom stereocenters. The molecule has 154 valence electrons. The number of anilines is 1. The van der Waals surface area contributed by atoms with Crippen molar-refractivity contribution in [2.45, 2.75) is 31.4 Å². The van der Waals surface area contributed by atoms with E-state index in [1.54, 1.807) is 6.20 Å². The Morgan fingerprint density at radius 3 is 2.86 bits per heavy atom. The van der Waals surface area contributed by atoms with E-state index >= 15 is 0 Å². The predicted molar refractivity (Wildman–Crippen MR) is 105 cm³/mol. The molecule has 0 bridgehead atoms. The number of H-pyrrole nitrogens is 1. The van der Waals surface area contributed by atoms with Crippen molar-refractivity contribution in [1.82, 2.24) is 24.8 Å². The van der Waals surface area contributed by atoms with Crippen LogP contribution in [0.15, 0.2) is 24.7 Å². The summed E-state index contributed by atoms with van der Waals surface area (Å²) in [6, 6.07) is 2.29. The molecule has 0 radical (unpaired) electrons. The molecule has 2 saturated heterocycles. The van der Waals surface area contributed by atoms with Gasteiger partial charge in [-0.1, -0.05) is 0 Å². The molecule has 0 saturated carbocycles. The van der Waals surface area contributed by atoms with Crippen molar-refractivity contribution in [3.05, 3.63) is 30.5 Å². The van der Waals surface area contributed by atoms with Crippen LogP contribution in [0.1, 0.15) is 18.7 Å². The van der Waals surface area contributed by atoms with E-state index < -0.39 is 12.1 Å². The van der Waals surface area contributed by atoms with Gasteiger partial charge in [0.1, 0.15) is 18.0 Å². The van der Waals surface area contributed by atoms with Crippen LogP contribution in [0, 0.1) is 5.41 Å². The second kappa shape index (κ2) is 8.34. The Kier molecular flexibility index (Phi) is 5.63. The summed E-state index contributed by atoms with van der Waals surface area (Å²) in [4.78, 5) is 20.4. The van der Waals surface area contributed by atoms with Crippen LogP contribution in [0.5, 0.6) is 0 Å². The lowest BCUT2D eigenvalue weighted by molar-refractivity contribution is 0.163. The molecule has 2 aromatic rings. The Labute approximate surface area is 166 Å². The van der Waals surface area contributed by atoms with Gasteiger partial charge in [-0.25, -0.2) is 23.7 Å². The van der Waals surface area contributed by atoms with Gasteiger partial charge in [-0.3, -0.25) is 10.3 Å². The number of halogens is 2. The normalized spacial score (nSPS) is 23.0. The zero-order valence-electron chi connectivity index (χ0n) is 15.8. The number of nitrogens with one attached hydrogen (secondary N) is 2. The largest absolute Gasteiger partial charge is 0.392 e. The maximum atomic E-state index is 12.4. The van der Waals surface area contributed by atoms with Crippen LogP contribution < -0.4 is 4.90 Å². The number of aliphatic hydroxyl groups excluding tert-OH is 1. The Morgan fingerprint density at radius 1 is 1.24 bits per heavy atom. The van der Waals surface area contributed by atoms with Crippen LogP contribution in [-0.4, -0.2) is 80.4 Å². The highest BCUT2D eigenvalue weighted by Gasteiger charge is 2.32. The number of likely N-dealkylation sites (tertiary alicyclic amines) is 1. The van der Waals surface area contributed by atoms with Gasteiger partial charge in [-0.15, -0.1) is 0 Å². The minimum absolute atomic E-state index is 0.220. The van der Waals surface area contributed by atoms with E-state index in [9.17, 15) is 13.9 Å². The molecule has 4 rings (SSSR count). The van der Waals surface area contributed by atoms with E-state index in [0.29, 0.717) is 23.3 Å². The van der Waals surface area contributed by atoms with E-state index in [1.165, 1.54) is 12.4 Å². The van der Waals surface area contributed by atoms with Gasteiger partial charge in [0.15, 0.2) is 0 Å². The maximum Gasteiger partial charge on any atom is 0.279 e. The highest BCUT2D eigenvalue weighted by Crippen LogP contribution is 2.26. The van der Waals surface area contributed by atoms with Crippen LogP contribution in [0.4, 0.5) is 14.6 Å². The van der Waals surface area contributed by atoms with E-state index in [4.69, 9.17) is 5.41 Å². The number of aromatic amines is 1. The quantitative estimate of drug-likeness (QED) is 0.636. The van der Waals surface area contributed by atoms with Crippen molar-refractivity contribution in [1.29, 1.82) is 5.41 Å². The molecular formula is C19H23F2N7O. The Morgan fingerprint density at radius 2 is 2.10 bits per heavy atom. The number of alkyl halides is 2. The highest BCUT2D eigenvalue weighted by atomic mass is 19.3. The molecule has 10 heteroatoms. The molecule has 8 nitrogen and oxygen atoms in total. The van der Waals surface area contributed by atoms with Crippen molar-refractivity contribution in [3.63, 3.8) is 0 Å². The minimum atomic E-state index is -2.81. The van der Waals surface area contributed by atoms with E-state index in [1.807, 2.05) is 6.07 Å². The lowest BCUT2D eigenvalue weighted by atomic mass is 10.2. The SMILES string of the molecule is N=C(/C=C\c1ncc(-c2cc(N3CCC(N4CCC(O)C4)C3)ncn2)[nH]1)C(F)F. The van der Waals surface area contributed by atoms with Gasteiger partial charge in [0, 0.05) is 38.3 Å². The summed E-state index contributed by atoms with van der Waals surface area (Å²) in [7, 11) is 0. The molecule has 2 aliphatic rings. The first-order valence-corrected chi connectivity index (χ1v) is 9.59. The molecule has 2 aliphatic heterocycles. The Hall–Kier alpha value is -2.72. The van der Waals surface area contributed by atoms with Crippen LogP contribution in [-0.2, 0) is 0 Å². The fraction of sp³-hybridized carbons (Fsp3) is 0.474. The molecule has 0 spiro atoms. The number of rotatable bonds is 6. The third-order valence-corrected chi connectivity index (χ3v) is 5.38. The molecule has 29 heavy (non-hydrogen) atoms. The fourth-order valence-electron chi connectivity index (χ4n) is 3.81. The van der Waals surface area contributed by atoms with Crippen LogP contribution in [0.2, 0.25) is 0 Å². The summed E-state index contributed by atoms with van der Waals surface area (Å²) >= 11 is 0. The summed E-state index contributed by atoms with van der Waals surface area (Å²) < 4.78 is 24.8. The maximum absolute atomic E-state index is 12.4.